The first kappa shape index (κ1) is 19.0. The molecule has 0 unspecified atom stereocenters. The van der Waals surface area contributed by atoms with Gasteiger partial charge in [0.15, 0.2) is 0 Å². The van der Waals surface area contributed by atoms with E-state index in [9.17, 15) is 13.2 Å². The number of benzene rings is 2. The van der Waals surface area contributed by atoms with Gasteiger partial charge >= 0.3 is 6.03 Å². The van der Waals surface area contributed by atoms with Crippen LogP contribution in [0.4, 0.5) is 16.2 Å². The largest absolute Gasteiger partial charge is 0.495 e. The van der Waals surface area contributed by atoms with Gasteiger partial charge in [0.1, 0.15) is 5.75 Å². The van der Waals surface area contributed by atoms with Crippen molar-refractivity contribution in [3.8, 4) is 5.75 Å². The summed E-state index contributed by atoms with van der Waals surface area (Å²) in [5.41, 5.74) is 1.84. The van der Waals surface area contributed by atoms with E-state index in [-0.39, 0.29) is 10.9 Å². The first-order valence-corrected chi connectivity index (χ1v) is 10.2. The highest BCUT2D eigenvalue weighted by atomic mass is 32.2. The minimum absolute atomic E-state index is 0.102. The molecular weight excluding hydrogens is 366 g/mol. The highest BCUT2D eigenvalue weighted by molar-refractivity contribution is 7.92. The molecule has 0 aliphatic carbocycles. The van der Waals surface area contributed by atoms with Gasteiger partial charge in [0, 0.05) is 18.8 Å². The molecule has 7 nitrogen and oxygen atoms in total. The minimum Gasteiger partial charge on any atom is -0.495 e. The zero-order valence-electron chi connectivity index (χ0n) is 15.4. The Bertz CT molecular complexity index is 920. The van der Waals surface area contributed by atoms with Gasteiger partial charge in [-0.1, -0.05) is 6.07 Å². The molecule has 0 radical (unpaired) electrons. The van der Waals surface area contributed by atoms with Crippen LogP contribution in [0.25, 0.3) is 0 Å². The fourth-order valence-corrected chi connectivity index (χ4v) is 4.01. The SMILES string of the molecule is COc1ccc(C)cc1NS(=O)(=O)c1ccc(NC(=O)N2CCCC2)cc1. The van der Waals surface area contributed by atoms with Crippen molar-refractivity contribution in [3.63, 3.8) is 0 Å². The maximum atomic E-state index is 12.7. The minimum atomic E-state index is -3.78. The number of urea groups is 1. The Morgan fingerprint density at radius 2 is 1.74 bits per heavy atom. The zero-order chi connectivity index (χ0) is 19.4. The fourth-order valence-electron chi connectivity index (χ4n) is 2.95. The smallest absolute Gasteiger partial charge is 0.321 e. The number of methoxy groups -OCH3 is 1. The number of likely N-dealkylation sites (tertiary alicyclic amines) is 1. The molecular formula is C19H23N3O4S. The summed E-state index contributed by atoms with van der Waals surface area (Å²) in [6, 6.07) is 11.2. The second-order valence-corrected chi connectivity index (χ2v) is 8.14. The summed E-state index contributed by atoms with van der Waals surface area (Å²) in [6.45, 7) is 3.37. The van der Waals surface area contributed by atoms with Gasteiger partial charge in [-0.05, 0) is 61.7 Å². The van der Waals surface area contributed by atoms with E-state index >= 15 is 0 Å². The molecule has 8 heteroatoms. The monoisotopic (exact) mass is 389 g/mol. The van der Waals surface area contributed by atoms with Crippen molar-refractivity contribution in [2.45, 2.75) is 24.7 Å². The average Bonchev–Trinajstić information content (AvgIpc) is 3.17. The molecule has 2 amide bonds. The van der Waals surface area contributed by atoms with E-state index in [4.69, 9.17) is 4.74 Å². The third-order valence-corrected chi connectivity index (χ3v) is 5.79. The quantitative estimate of drug-likeness (QED) is 0.820. The van der Waals surface area contributed by atoms with Crippen LogP contribution in [0.5, 0.6) is 5.75 Å². The number of carbonyl (C=O) groups is 1. The number of anilines is 2. The number of amides is 2. The predicted molar refractivity (Wildman–Crippen MR) is 105 cm³/mol. The summed E-state index contributed by atoms with van der Waals surface area (Å²) in [6.07, 6.45) is 2.03. The Labute approximate surface area is 159 Å². The van der Waals surface area contributed by atoms with Crippen LogP contribution < -0.4 is 14.8 Å². The lowest BCUT2D eigenvalue weighted by Gasteiger charge is -2.16. The van der Waals surface area contributed by atoms with Crippen molar-refractivity contribution in [1.82, 2.24) is 4.90 Å². The fraction of sp³-hybridized carbons (Fsp3) is 0.316. The molecule has 0 aromatic heterocycles. The molecule has 0 atom stereocenters. The first-order chi connectivity index (χ1) is 12.9. The molecule has 2 aromatic rings. The van der Waals surface area contributed by atoms with Gasteiger partial charge in [-0.2, -0.15) is 0 Å². The number of nitrogens with one attached hydrogen (secondary N) is 2. The molecule has 1 aliphatic heterocycles. The van der Waals surface area contributed by atoms with E-state index in [2.05, 4.69) is 10.0 Å². The molecule has 144 valence electrons. The van der Waals surface area contributed by atoms with E-state index in [1.807, 2.05) is 13.0 Å². The third kappa shape index (κ3) is 4.51. The number of carbonyl (C=O) groups excluding carboxylic acids is 1. The molecule has 3 rings (SSSR count). The van der Waals surface area contributed by atoms with Crippen LogP contribution in [-0.4, -0.2) is 39.5 Å². The van der Waals surface area contributed by atoms with Gasteiger partial charge in [0.25, 0.3) is 10.0 Å². The number of ether oxygens (including phenoxy) is 1. The van der Waals surface area contributed by atoms with Crippen LogP contribution in [0.1, 0.15) is 18.4 Å². The summed E-state index contributed by atoms with van der Waals surface area (Å²) in [5, 5.41) is 2.79. The lowest BCUT2D eigenvalue weighted by molar-refractivity contribution is 0.222. The molecule has 2 aromatic carbocycles. The maximum absolute atomic E-state index is 12.7. The Hall–Kier alpha value is -2.74. The highest BCUT2D eigenvalue weighted by Gasteiger charge is 2.19. The van der Waals surface area contributed by atoms with Crippen LogP contribution in [0, 0.1) is 6.92 Å². The third-order valence-electron chi connectivity index (χ3n) is 4.41. The van der Waals surface area contributed by atoms with Gasteiger partial charge in [-0.25, -0.2) is 13.2 Å². The summed E-state index contributed by atoms with van der Waals surface area (Å²) in [4.78, 5) is 14.0. The Morgan fingerprint density at radius 3 is 2.37 bits per heavy atom. The molecule has 1 saturated heterocycles. The van der Waals surface area contributed by atoms with Crippen molar-refractivity contribution >= 4 is 27.4 Å². The first-order valence-electron chi connectivity index (χ1n) is 8.72. The Morgan fingerprint density at radius 1 is 1.07 bits per heavy atom. The average molecular weight is 389 g/mol. The van der Waals surface area contributed by atoms with Gasteiger partial charge in [-0.15, -0.1) is 0 Å². The van der Waals surface area contributed by atoms with Crippen LogP contribution in [0.3, 0.4) is 0 Å². The lowest BCUT2D eigenvalue weighted by atomic mass is 10.2. The number of nitrogens with zero attached hydrogens (tertiary/aromatic N) is 1. The van der Waals surface area contributed by atoms with Gasteiger partial charge in [-0.3, -0.25) is 4.72 Å². The molecule has 1 heterocycles. The van der Waals surface area contributed by atoms with Gasteiger partial charge in [0.2, 0.25) is 0 Å². The number of aryl methyl sites for hydroxylation is 1. The number of hydrogen-bond donors (Lipinski definition) is 2. The maximum Gasteiger partial charge on any atom is 0.321 e. The van der Waals surface area contributed by atoms with Crippen molar-refractivity contribution in [1.29, 1.82) is 0 Å². The topological polar surface area (TPSA) is 87.7 Å². The molecule has 0 spiro atoms. The number of rotatable bonds is 5. The Kier molecular flexibility index (Phi) is 5.55. The summed E-state index contributed by atoms with van der Waals surface area (Å²) in [7, 11) is -2.29. The van der Waals surface area contributed by atoms with Gasteiger partial charge in [0.05, 0.1) is 17.7 Å². The van der Waals surface area contributed by atoms with E-state index < -0.39 is 10.0 Å². The van der Waals surface area contributed by atoms with Crippen molar-refractivity contribution in [3.05, 3.63) is 48.0 Å². The summed E-state index contributed by atoms with van der Waals surface area (Å²) < 4.78 is 33.1. The van der Waals surface area contributed by atoms with Crippen molar-refractivity contribution in [2.24, 2.45) is 0 Å². The number of hydrogen-bond acceptors (Lipinski definition) is 4. The lowest BCUT2D eigenvalue weighted by Crippen LogP contribution is -2.32. The predicted octanol–water partition coefficient (Wildman–Crippen LogP) is 3.43. The van der Waals surface area contributed by atoms with E-state index in [0.717, 1.165) is 31.5 Å². The molecule has 27 heavy (non-hydrogen) atoms. The second kappa shape index (κ2) is 7.87. The van der Waals surface area contributed by atoms with Crippen LogP contribution in [0.15, 0.2) is 47.4 Å². The molecule has 1 aliphatic rings. The highest BCUT2D eigenvalue weighted by Crippen LogP contribution is 2.28. The molecule has 0 saturated carbocycles. The van der Waals surface area contributed by atoms with Crippen LogP contribution >= 0.6 is 0 Å². The molecule has 0 bridgehead atoms. The van der Waals surface area contributed by atoms with Crippen LogP contribution in [-0.2, 0) is 10.0 Å². The van der Waals surface area contributed by atoms with Crippen molar-refractivity contribution in [2.75, 3.05) is 30.2 Å². The van der Waals surface area contributed by atoms with Gasteiger partial charge < -0.3 is 15.0 Å². The zero-order valence-corrected chi connectivity index (χ0v) is 16.2. The summed E-state index contributed by atoms with van der Waals surface area (Å²) >= 11 is 0. The number of sulfonamides is 1. The normalized spacial score (nSPS) is 14.1. The van der Waals surface area contributed by atoms with E-state index in [1.54, 1.807) is 29.2 Å². The molecule has 2 N–H and O–H groups in total. The van der Waals surface area contributed by atoms with Crippen LogP contribution in [0.2, 0.25) is 0 Å². The van der Waals surface area contributed by atoms with E-state index in [0.29, 0.717) is 17.1 Å². The van der Waals surface area contributed by atoms with Crippen molar-refractivity contribution < 1.29 is 17.9 Å². The molecule has 1 fully saturated rings. The summed E-state index contributed by atoms with van der Waals surface area (Å²) in [5.74, 6) is 0.443. The second-order valence-electron chi connectivity index (χ2n) is 6.46. The van der Waals surface area contributed by atoms with E-state index in [1.165, 1.54) is 19.2 Å². The standard InChI is InChI=1S/C19H23N3O4S/c1-14-5-10-18(26-2)17(13-14)21-27(24,25)16-8-6-15(7-9-16)20-19(23)22-11-3-4-12-22/h5-10,13,21H,3-4,11-12H2,1-2H3,(H,20,23). The Balaban J connectivity index is 1.73.